The summed E-state index contributed by atoms with van der Waals surface area (Å²) in [6.07, 6.45) is 2.05. The van der Waals surface area contributed by atoms with Crippen molar-refractivity contribution in [2.75, 3.05) is 33.0 Å². The van der Waals surface area contributed by atoms with Gasteiger partial charge in [-0.05, 0) is 37.5 Å². The number of nitrogens with zero attached hydrogens (tertiary/aromatic N) is 1. The van der Waals surface area contributed by atoms with Crippen molar-refractivity contribution in [3.05, 3.63) is 23.8 Å². The van der Waals surface area contributed by atoms with Crippen LogP contribution in [0.5, 0.6) is 11.5 Å². The van der Waals surface area contributed by atoms with Crippen LogP contribution >= 0.6 is 0 Å². The Balaban J connectivity index is 1.53. The van der Waals surface area contributed by atoms with Gasteiger partial charge in [0, 0.05) is 31.0 Å². The maximum absolute atomic E-state index is 11.7. The standard InChI is InChI=1S/C20H30N4O3/c1-4-21-19(23-10-9-22-18(25)14-5-6-14)24-12-20(2,3)15-7-8-16-17(11-15)27-13-26-16/h7-8,11,14H,4-6,9-10,12-13H2,1-3H3,(H,22,25)(H2,21,23,24). The van der Waals surface area contributed by atoms with E-state index in [9.17, 15) is 4.79 Å². The molecule has 0 spiro atoms. The van der Waals surface area contributed by atoms with Crippen LogP contribution in [0.25, 0.3) is 0 Å². The summed E-state index contributed by atoms with van der Waals surface area (Å²) in [6.45, 7) is 9.29. The molecule has 1 aliphatic carbocycles. The summed E-state index contributed by atoms with van der Waals surface area (Å²) in [5.41, 5.74) is 1.01. The van der Waals surface area contributed by atoms with Crippen LogP contribution in [0.4, 0.5) is 0 Å². The molecule has 1 aliphatic heterocycles. The number of nitrogens with one attached hydrogen (secondary N) is 3. The quantitative estimate of drug-likeness (QED) is 0.367. The van der Waals surface area contributed by atoms with E-state index in [1.54, 1.807) is 0 Å². The summed E-state index contributed by atoms with van der Waals surface area (Å²) in [6, 6.07) is 6.05. The monoisotopic (exact) mass is 374 g/mol. The summed E-state index contributed by atoms with van der Waals surface area (Å²) < 4.78 is 10.9. The summed E-state index contributed by atoms with van der Waals surface area (Å²) in [5, 5.41) is 9.49. The van der Waals surface area contributed by atoms with Gasteiger partial charge in [-0.2, -0.15) is 0 Å². The van der Waals surface area contributed by atoms with E-state index in [1.165, 1.54) is 0 Å². The molecule has 1 aromatic carbocycles. The number of carbonyl (C=O) groups is 1. The molecule has 7 nitrogen and oxygen atoms in total. The topological polar surface area (TPSA) is 84.0 Å². The summed E-state index contributed by atoms with van der Waals surface area (Å²) >= 11 is 0. The number of ether oxygens (including phenoxy) is 2. The fourth-order valence-corrected chi connectivity index (χ4v) is 2.88. The largest absolute Gasteiger partial charge is 0.454 e. The van der Waals surface area contributed by atoms with Crippen molar-refractivity contribution in [2.45, 2.75) is 39.0 Å². The van der Waals surface area contributed by atoms with E-state index in [0.717, 1.165) is 42.4 Å². The molecule has 0 unspecified atom stereocenters. The first-order chi connectivity index (χ1) is 13.0. The zero-order chi connectivity index (χ0) is 19.3. The van der Waals surface area contributed by atoms with Gasteiger partial charge in [-0.3, -0.25) is 9.79 Å². The Hall–Kier alpha value is -2.44. The molecule has 0 aromatic heterocycles. The van der Waals surface area contributed by atoms with Crippen molar-refractivity contribution in [1.82, 2.24) is 16.0 Å². The molecule has 27 heavy (non-hydrogen) atoms. The van der Waals surface area contributed by atoms with Crippen LogP contribution in [-0.4, -0.2) is 44.8 Å². The van der Waals surface area contributed by atoms with E-state index in [-0.39, 0.29) is 24.0 Å². The van der Waals surface area contributed by atoms with E-state index in [0.29, 0.717) is 19.6 Å². The highest BCUT2D eigenvalue weighted by molar-refractivity contribution is 5.81. The minimum absolute atomic E-state index is 0.149. The van der Waals surface area contributed by atoms with Crippen molar-refractivity contribution in [3.8, 4) is 11.5 Å². The number of fused-ring (bicyclic) bond motifs is 1. The first-order valence-corrected chi connectivity index (χ1v) is 9.69. The van der Waals surface area contributed by atoms with E-state index in [2.05, 4.69) is 35.9 Å². The Labute approximate surface area is 160 Å². The molecule has 1 saturated carbocycles. The van der Waals surface area contributed by atoms with Gasteiger partial charge in [-0.1, -0.05) is 19.9 Å². The minimum atomic E-state index is -0.149. The van der Waals surface area contributed by atoms with Gasteiger partial charge in [0.05, 0.1) is 6.54 Å². The molecule has 1 fully saturated rings. The Morgan fingerprint density at radius 3 is 2.63 bits per heavy atom. The number of aliphatic imine (C=N–C) groups is 1. The number of hydrogen-bond donors (Lipinski definition) is 3. The van der Waals surface area contributed by atoms with Gasteiger partial charge in [0.1, 0.15) is 0 Å². The van der Waals surface area contributed by atoms with E-state index < -0.39 is 0 Å². The molecular weight excluding hydrogens is 344 g/mol. The summed E-state index contributed by atoms with van der Waals surface area (Å²) in [5.74, 6) is 2.76. The predicted octanol–water partition coefficient (Wildman–Crippen LogP) is 1.77. The molecule has 1 amide bonds. The molecule has 0 radical (unpaired) electrons. The Morgan fingerprint density at radius 2 is 1.89 bits per heavy atom. The molecule has 2 aliphatic rings. The van der Waals surface area contributed by atoms with Crippen molar-refractivity contribution >= 4 is 11.9 Å². The highest BCUT2D eigenvalue weighted by Crippen LogP contribution is 2.36. The first-order valence-electron chi connectivity index (χ1n) is 9.69. The van der Waals surface area contributed by atoms with Crippen LogP contribution in [0.3, 0.4) is 0 Å². The third kappa shape index (κ3) is 5.28. The molecule has 0 atom stereocenters. The molecular formula is C20H30N4O3. The fraction of sp³-hybridized carbons (Fsp3) is 0.600. The Kier molecular flexibility index (Phi) is 6.08. The lowest BCUT2D eigenvalue weighted by Crippen LogP contribution is -2.42. The normalized spacial score (nSPS) is 16.2. The molecule has 0 saturated heterocycles. The second-order valence-electron chi connectivity index (χ2n) is 7.64. The predicted molar refractivity (Wildman–Crippen MR) is 105 cm³/mol. The number of guanidine groups is 1. The number of amides is 1. The van der Waals surface area contributed by atoms with E-state index >= 15 is 0 Å². The zero-order valence-electron chi connectivity index (χ0n) is 16.4. The number of hydrogen-bond acceptors (Lipinski definition) is 4. The molecule has 7 heteroatoms. The van der Waals surface area contributed by atoms with Crippen molar-refractivity contribution in [3.63, 3.8) is 0 Å². The first kappa shape index (κ1) is 19.3. The van der Waals surface area contributed by atoms with Crippen LogP contribution in [0.1, 0.15) is 39.2 Å². The molecule has 1 heterocycles. The van der Waals surface area contributed by atoms with Crippen LogP contribution < -0.4 is 25.4 Å². The van der Waals surface area contributed by atoms with Crippen LogP contribution in [0.15, 0.2) is 23.2 Å². The highest BCUT2D eigenvalue weighted by Gasteiger charge is 2.29. The van der Waals surface area contributed by atoms with Gasteiger partial charge in [0.2, 0.25) is 12.7 Å². The van der Waals surface area contributed by atoms with Crippen LogP contribution in [-0.2, 0) is 10.2 Å². The van der Waals surface area contributed by atoms with Gasteiger partial charge in [-0.15, -0.1) is 0 Å². The van der Waals surface area contributed by atoms with Crippen molar-refractivity contribution in [2.24, 2.45) is 10.9 Å². The average Bonchev–Trinajstić information content (AvgIpc) is 3.40. The zero-order valence-corrected chi connectivity index (χ0v) is 16.4. The summed E-state index contributed by atoms with van der Waals surface area (Å²) in [7, 11) is 0. The van der Waals surface area contributed by atoms with Crippen LogP contribution in [0.2, 0.25) is 0 Å². The van der Waals surface area contributed by atoms with E-state index in [1.807, 2.05) is 19.1 Å². The lowest BCUT2D eigenvalue weighted by molar-refractivity contribution is -0.122. The van der Waals surface area contributed by atoms with Crippen molar-refractivity contribution < 1.29 is 14.3 Å². The second-order valence-corrected chi connectivity index (χ2v) is 7.64. The SMILES string of the molecule is CCNC(=NCC(C)(C)c1ccc2c(c1)OCO2)NCCNC(=O)C1CC1. The summed E-state index contributed by atoms with van der Waals surface area (Å²) in [4.78, 5) is 16.4. The molecule has 148 valence electrons. The third-order valence-electron chi connectivity index (χ3n) is 4.80. The average molecular weight is 374 g/mol. The number of carbonyl (C=O) groups excluding carboxylic acids is 1. The highest BCUT2D eigenvalue weighted by atomic mass is 16.7. The smallest absolute Gasteiger partial charge is 0.231 e. The molecule has 3 rings (SSSR count). The van der Waals surface area contributed by atoms with Gasteiger partial charge >= 0.3 is 0 Å². The van der Waals surface area contributed by atoms with Gasteiger partial charge in [0.25, 0.3) is 0 Å². The lowest BCUT2D eigenvalue weighted by atomic mass is 9.84. The number of benzene rings is 1. The second kappa shape index (κ2) is 8.50. The van der Waals surface area contributed by atoms with Crippen molar-refractivity contribution in [1.29, 1.82) is 0 Å². The third-order valence-corrected chi connectivity index (χ3v) is 4.80. The minimum Gasteiger partial charge on any atom is -0.454 e. The Bertz CT molecular complexity index is 698. The molecule has 3 N–H and O–H groups in total. The van der Waals surface area contributed by atoms with Gasteiger partial charge in [-0.25, -0.2) is 0 Å². The maximum Gasteiger partial charge on any atom is 0.231 e. The Morgan fingerprint density at radius 1 is 1.15 bits per heavy atom. The molecule has 0 bridgehead atoms. The lowest BCUT2D eigenvalue weighted by Gasteiger charge is -2.24. The van der Waals surface area contributed by atoms with Gasteiger partial charge < -0.3 is 25.4 Å². The van der Waals surface area contributed by atoms with E-state index in [4.69, 9.17) is 14.5 Å². The molecule has 1 aromatic rings. The van der Waals surface area contributed by atoms with Gasteiger partial charge in [0.15, 0.2) is 17.5 Å². The van der Waals surface area contributed by atoms with Crippen LogP contribution in [0, 0.1) is 5.92 Å². The number of rotatable bonds is 8. The fourth-order valence-electron chi connectivity index (χ4n) is 2.88. The maximum atomic E-state index is 11.7.